The molecule has 2 aromatic carbocycles. The van der Waals surface area contributed by atoms with Gasteiger partial charge in [0.1, 0.15) is 5.82 Å². The lowest BCUT2D eigenvalue weighted by molar-refractivity contribution is -0.0584. The number of carbonyl (C=O) groups excluding carboxylic acids is 4. The minimum atomic E-state index is -1.08. The Balaban J connectivity index is 1.81. The molecule has 0 fully saturated rings. The van der Waals surface area contributed by atoms with Gasteiger partial charge >= 0.3 is 12.1 Å². The Bertz CT molecular complexity index is 908. The van der Waals surface area contributed by atoms with Gasteiger partial charge in [0.2, 0.25) is 0 Å². The minimum absolute atomic E-state index is 0.109. The highest BCUT2D eigenvalue weighted by Gasteiger charge is 2.38. The predicted molar refractivity (Wildman–Crippen MR) is 84.8 cm³/mol. The standard InChI is InChI=1S/C17H11FN2O6/c1-25-17(24)19-13-8-9(6-7-12(13)18)16(23)26-20-14(21)10-4-2-3-5-11(10)15(20)22/h2-8H,1H3,(H,19,24). The number of hydrogen-bond donors (Lipinski definition) is 1. The van der Waals surface area contributed by atoms with E-state index in [2.05, 4.69) is 10.1 Å². The third-order valence-corrected chi connectivity index (χ3v) is 3.56. The van der Waals surface area contributed by atoms with E-state index >= 15 is 0 Å². The number of hydrogen-bond acceptors (Lipinski definition) is 6. The second-order valence-electron chi connectivity index (χ2n) is 5.14. The molecule has 0 atom stereocenters. The normalized spacial score (nSPS) is 12.6. The topological polar surface area (TPSA) is 102 Å². The van der Waals surface area contributed by atoms with E-state index in [9.17, 15) is 23.6 Å². The highest BCUT2D eigenvalue weighted by Crippen LogP contribution is 2.24. The summed E-state index contributed by atoms with van der Waals surface area (Å²) in [6.07, 6.45) is -0.935. The van der Waals surface area contributed by atoms with Crippen molar-refractivity contribution in [2.45, 2.75) is 0 Å². The molecular weight excluding hydrogens is 347 g/mol. The Morgan fingerprint density at radius 1 is 1.04 bits per heavy atom. The van der Waals surface area contributed by atoms with Gasteiger partial charge in [-0.25, -0.2) is 14.0 Å². The third-order valence-electron chi connectivity index (χ3n) is 3.56. The largest absolute Gasteiger partial charge is 0.453 e. The summed E-state index contributed by atoms with van der Waals surface area (Å²) in [5, 5.41) is 2.43. The molecule has 3 amide bonds. The summed E-state index contributed by atoms with van der Waals surface area (Å²) in [6.45, 7) is 0. The van der Waals surface area contributed by atoms with Gasteiger partial charge in [-0.2, -0.15) is 0 Å². The number of anilines is 1. The molecule has 3 rings (SSSR count). The maximum Gasteiger partial charge on any atom is 0.411 e. The van der Waals surface area contributed by atoms with E-state index in [0.29, 0.717) is 5.06 Å². The molecule has 0 aliphatic carbocycles. The number of benzene rings is 2. The molecule has 0 saturated heterocycles. The second kappa shape index (κ2) is 6.63. The van der Waals surface area contributed by atoms with E-state index in [4.69, 9.17) is 4.84 Å². The maximum atomic E-state index is 13.7. The fourth-order valence-electron chi connectivity index (χ4n) is 2.29. The van der Waals surface area contributed by atoms with Gasteiger partial charge in [-0.1, -0.05) is 17.2 Å². The number of nitrogens with one attached hydrogen (secondary N) is 1. The van der Waals surface area contributed by atoms with Crippen LogP contribution in [0.3, 0.4) is 0 Å². The average molecular weight is 358 g/mol. The lowest BCUT2D eigenvalue weighted by Crippen LogP contribution is -2.32. The lowest BCUT2D eigenvalue weighted by atomic mass is 10.1. The minimum Gasteiger partial charge on any atom is -0.453 e. The van der Waals surface area contributed by atoms with Crippen molar-refractivity contribution >= 4 is 29.6 Å². The monoisotopic (exact) mass is 358 g/mol. The molecule has 0 aromatic heterocycles. The van der Waals surface area contributed by atoms with E-state index in [-0.39, 0.29) is 22.4 Å². The Morgan fingerprint density at radius 3 is 2.23 bits per heavy atom. The molecule has 2 aromatic rings. The summed E-state index contributed by atoms with van der Waals surface area (Å²) in [6, 6.07) is 8.99. The van der Waals surface area contributed by atoms with E-state index in [0.717, 1.165) is 25.3 Å². The predicted octanol–water partition coefficient (Wildman–Crippen LogP) is 2.37. The van der Waals surface area contributed by atoms with Crippen molar-refractivity contribution in [2.24, 2.45) is 0 Å². The molecule has 8 nitrogen and oxygen atoms in total. The Labute approximate surface area is 146 Å². The fourth-order valence-corrected chi connectivity index (χ4v) is 2.29. The molecule has 9 heteroatoms. The molecule has 1 N–H and O–H groups in total. The first-order valence-electron chi connectivity index (χ1n) is 7.27. The van der Waals surface area contributed by atoms with Crippen molar-refractivity contribution in [1.29, 1.82) is 0 Å². The van der Waals surface area contributed by atoms with Crippen LogP contribution in [0.4, 0.5) is 14.9 Å². The van der Waals surface area contributed by atoms with Gasteiger partial charge in [0.25, 0.3) is 11.8 Å². The van der Waals surface area contributed by atoms with Crippen LogP contribution in [0.15, 0.2) is 42.5 Å². The van der Waals surface area contributed by atoms with Crippen molar-refractivity contribution < 1.29 is 33.1 Å². The van der Waals surface area contributed by atoms with E-state index in [1.807, 2.05) is 0 Å². The van der Waals surface area contributed by atoms with Gasteiger partial charge in [0.15, 0.2) is 0 Å². The zero-order chi connectivity index (χ0) is 18.8. The number of fused-ring (bicyclic) bond motifs is 1. The first-order chi connectivity index (χ1) is 12.4. The molecule has 1 aliphatic heterocycles. The van der Waals surface area contributed by atoms with Gasteiger partial charge in [-0.15, -0.1) is 0 Å². The Hall–Kier alpha value is -3.75. The molecule has 0 unspecified atom stereocenters. The average Bonchev–Trinajstić information content (AvgIpc) is 2.88. The molecule has 0 bridgehead atoms. The molecule has 0 radical (unpaired) electrons. The smallest absolute Gasteiger partial charge is 0.411 e. The summed E-state index contributed by atoms with van der Waals surface area (Å²) in [7, 11) is 1.09. The van der Waals surface area contributed by atoms with Crippen LogP contribution in [-0.4, -0.2) is 36.0 Å². The van der Waals surface area contributed by atoms with Gasteiger partial charge < -0.3 is 9.57 Å². The first kappa shape index (κ1) is 17.1. The number of methoxy groups -OCH3 is 1. The van der Waals surface area contributed by atoms with Crippen LogP contribution in [0, 0.1) is 5.82 Å². The SMILES string of the molecule is COC(=O)Nc1cc(C(=O)ON2C(=O)c3ccccc3C2=O)ccc1F. The van der Waals surface area contributed by atoms with Crippen molar-refractivity contribution in [3.8, 4) is 0 Å². The van der Waals surface area contributed by atoms with Gasteiger partial charge in [0.05, 0.1) is 29.5 Å². The van der Waals surface area contributed by atoms with Gasteiger partial charge in [-0.05, 0) is 30.3 Å². The zero-order valence-electron chi connectivity index (χ0n) is 13.3. The van der Waals surface area contributed by atoms with E-state index < -0.39 is 29.7 Å². The lowest BCUT2D eigenvalue weighted by Gasteiger charge is -2.13. The van der Waals surface area contributed by atoms with Gasteiger partial charge in [0, 0.05) is 0 Å². The highest BCUT2D eigenvalue weighted by molar-refractivity contribution is 6.21. The molecule has 0 saturated carbocycles. The molecule has 0 spiro atoms. The number of nitrogens with zero attached hydrogens (tertiary/aromatic N) is 1. The van der Waals surface area contributed by atoms with Crippen LogP contribution in [0.5, 0.6) is 0 Å². The Morgan fingerprint density at radius 2 is 1.65 bits per heavy atom. The third kappa shape index (κ3) is 2.97. The number of ether oxygens (including phenoxy) is 1. The van der Waals surface area contributed by atoms with Crippen molar-refractivity contribution in [1.82, 2.24) is 5.06 Å². The first-order valence-corrected chi connectivity index (χ1v) is 7.27. The molecular formula is C17H11FN2O6. The quantitative estimate of drug-likeness (QED) is 0.845. The van der Waals surface area contributed by atoms with Crippen LogP contribution in [-0.2, 0) is 9.57 Å². The number of carbonyl (C=O) groups is 4. The van der Waals surface area contributed by atoms with Crippen LogP contribution in [0.2, 0.25) is 0 Å². The maximum absolute atomic E-state index is 13.7. The number of halogens is 1. The molecule has 1 aliphatic rings. The van der Waals surface area contributed by atoms with Crippen LogP contribution in [0.1, 0.15) is 31.1 Å². The van der Waals surface area contributed by atoms with Crippen molar-refractivity contribution in [2.75, 3.05) is 12.4 Å². The van der Waals surface area contributed by atoms with E-state index in [1.54, 1.807) is 12.1 Å². The van der Waals surface area contributed by atoms with Crippen molar-refractivity contribution in [3.05, 3.63) is 65.0 Å². The molecule has 26 heavy (non-hydrogen) atoms. The van der Waals surface area contributed by atoms with Crippen molar-refractivity contribution in [3.63, 3.8) is 0 Å². The second-order valence-corrected chi connectivity index (χ2v) is 5.14. The van der Waals surface area contributed by atoms with Crippen LogP contribution < -0.4 is 5.32 Å². The number of imide groups is 1. The fraction of sp³-hybridized carbons (Fsp3) is 0.0588. The summed E-state index contributed by atoms with van der Waals surface area (Å²) in [4.78, 5) is 52.6. The number of rotatable bonds is 3. The van der Waals surface area contributed by atoms with Gasteiger partial charge in [-0.3, -0.25) is 14.9 Å². The summed E-state index contributed by atoms with van der Waals surface area (Å²) in [5.74, 6) is -3.46. The van der Waals surface area contributed by atoms with Crippen LogP contribution >= 0.6 is 0 Å². The zero-order valence-corrected chi connectivity index (χ0v) is 13.3. The van der Waals surface area contributed by atoms with E-state index in [1.165, 1.54) is 12.1 Å². The summed E-state index contributed by atoms with van der Waals surface area (Å²) >= 11 is 0. The number of amides is 3. The number of hydroxylamine groups is 2. The Kier molecular flexibility index (Phi) is 4.36. The van der Waals surface area contributed by atoms with Crippen LogP contribution in [0.25, 0.3) is 0 Å². The summed E-state index contributed by atoms with van der Waals surface area (Å²) in [5.41, 5.74) is -0.294. The molecule has 1 heterocycles. The summed E-state index contributed by atoms with van der Waals surface area (Å²) < 4.78 is 18.0. The highest BCUT2D eigenvalue weighted by atomic mass is 19.1. The molecule has 132 valence electrons.